The first kappa shape index (κ1) is 19.8. The summed E-state index contributed by atoms with van der Waals surface area (Å²) in [6.07, 6.45) is 1.64. The van der Waals surface area contributed by atoms with Crippen LogP contribution in [-0.4, -0.2) is 32.6 Å². The minimum Gasteiger partial charge on any atom is -0.550 e. The second kappa shape index (κ2) is 8.36. The molecule has 3 rings (SSSR count). The van der Waals surface area contributed by atoms with E-state index < -0.39 is 10.9 Å². The monoisotopic (exact) mass is 417 g/mol. The molecule has 1 fully saturated rings. The lowest BCUT2D eigenvalue weighted by molar-refractivity contribution is -0.384. The van der Waals surface area contributed by atoms with Crippen molar-refractivity contribution >= 4 is 51.9 Å². The molecular weight excluding hydrogens is 404 g/mol. The highest BCUT2D eigenvalue weighted by Crippen LogP contribution is 2.34. The molecule has 0 bridgehead atoms. The highest BCUT2D eigenvalue weighted by molar-refractivity contribution is 8.26. The Morgan fingerprint density at radius 1 is 1.32 bits per heavy atom. The van der Waals surface area contributed by atoms with E-state index >= 15 is 0 Å². The van der Waals surface area contributed by atoms with Gasteiger partial charge in [0.15, 0.2) is 0 Å². The van der Waals surface area contributed by atoms with E-state index in [2.05, 4.69) is 0 Å². The van der Waals surface area contributed by atoms with E-state index in [1.54, 1.807) is 30.3 Å². The Hall–Kier alpha value is -2.98. The number of aliphatic carboxylic acids is 1. The van der Waals surface area contributed by atoms with Crippen LogP contribution in [0.15, 0.2) is 45.7 Å². The number of non-ortho nitro benzene ring substituents is 1. The largest absolute Gasteiger partial charge is 0.550 e. The van der Waals surface area contributed by atoms with Gasteiger partial charge in [-0.05, 0) is 25.0 Å². The minimum absolute atomic E-state index is 0.0483. The molecule has 0 N–H and O–H groups in total. The highest BCUT2D eigenvalue weighted by Gasteiger charge is 2.31. The number of benzene rings is 1. The number of amides is 1. The van der Waals surface area contributed by atoms with E-state index in [4.69, 9.17) is 16.6 Å². The van der Waals surface area contributed by atoms with Crippen LogP contribution in [0.2, 0.25) is 0 Å². The molecule has 0 unspecified atom stereocenters. The van der Waals surface area contributed by atoms with E-state index in [0.717, 1.165) is 11.8 Å². The van der Waals surface area contributed by atoms with Gasteiger partial charge < -0.3 is 14.3 Å². The second-order valence-corrected chi connectivity index (χ2v) is 7.49. The van der Waals surface area contributed by atoms with Gasteiger partial charge in [0.05, 0.1) is 9.83 Å². The van der Waals surface area contributed by atoms with Gasteiger partial charge in [-0.25, -0.2) is 0 Å². The number of carbonyl (C=O) groups is 2. The average Bonchev–Trinajstić information content (AvgIpc) is 3.22. The molecule has 10 heteroatoms. The number of thiocarbonyl (C=S) groups is 1. The summed E-state index contributed by atoms with van der Waals surface area (Å²) in [6.45, 7) is 0.201. The van der Waals surface area contributed by atoms with Crippen molar-refractivity contribution in [3.05, 3.63) is 57.2 Å². The van der Waals surface area contributed by atoms with Crippen LogP contribution in [-0.2, 0) is 9.59 Å². The van der Waals surface area contributed by atoms with Crippen molar-refractivity contribution < 1.29 is 24.0 Å². The number of furan rings is 1. The van der Waals surface area contributed by atoms with Gasteiger partial charge in [0, 0.05) is 36.3 Å². The van der Waals surface area contributed by atoms with Crippen LogP contribution in [0.1, 0.15) is 18.6 Å². The molecule has 0 radical (unpaired) electrons. The van der Waals surface area contributed by atoms with Crippen LogP contribution < -0.4 is 5.11 Å². The van der Waals surface area contributed by atoms with Gasteiger partial charge >= 0.3 is 0 Å². The molecule has 1 saturated heterocycles. The van der Waals surface area contributed by atoms with Gasteiger partial charge in [-0.3, -0.25) is 19.8 Å². The maximum absolute atomic E-state index is 12.5. The van der Waals surface area contributed by atoms with Gasteiger partial charge in [-0.2, -0.15) is 0 Å². The number of nitro benzene ring substituents is 1. The summed E-state index contributed by atoms with van der Waals surface area (Å²) in [5.41, 5.74) is 0.497. The summed E-state index contributed by atoms with van der Waals surface area (Å²) in [5.74, 6) is -0.664. The molecule has 0 saturated carbocycles. The summed E-state index contributed by atoms with van der Waals surface area (Å²) >= 11 is 6.28. The molecule has 28 heavy (non-hydrogen) atoms. The topological polar surface area (TPSA) is 117 Å². The molecule has 0 aliphatic carbocycles. The lowest BCUT2D eigenvalue weighted by Crippen LogP contribution is -2.30. The Labute approximate surface area is 169 Å². The fourth-order valence-corrected chi connectivity index (χ4v) is 3.85. The minimum atomic E-state index is -1.18. The molecule has 2 heterocycles. The van der Waals surface area contributed by atoms with Crippen LogP contribution in [0, 0.1) is 10.1 Å². The van der Waals surface area contributed by atoms with Gasteiger partial charge in [0.1, 0.15) is 15.8 Å². The Balaban J connectivity index is 1.75. The van der Waals surface area contributed by atoms with Crippen LogP contribution in [0.25, 0.3) is 17.4 Å². The molecule has 0 atom stereocenters. The third-order valence-corrected chi connectivity index (χ3v) is 5.26. The van der Waals surface area contributed by atoms with Crippen molar-refractivity contribution in [3.63, 3.8) is 0 Å². The van der Waals surface area contributed by atoms with Gasteiger partial charge in [-0.1, -0.05) is 36.1 Å². The molecule has 0 spiro atoms. The fraction of sp³-hybridized carbons (Fsp3) is 0.167. The van der Waals surface area contributed by atoms with Crippen molar-refractivity contribution in [2.45, 2.75) is 12.8 Å². The van der Waals surface area contributed by atoms with Crippen molar-refractivity contribution in [3.8, 4) is 11.3 Å². The predicted molar refractivity (Wildman–Crippen MR) is 105 cm³/mol. The first-order valence-electron chi connectivity index (χ1n) is 8.15. The first-order valence-corrected chi connectivity index (χ1v) is 9.37. The number of nitrogens with zero attached hydrogens (tertiary/aromatic N) is 2. The Morgan fingerprint density at radius 2 is 2.11 bits per heavy atom. The van der Waals surface area contributed by atoms with E-state index in [-0.39, 0.29) is 31.0 Å². The normalized spacial score (nSPS) is 15.4. The third kappa shape index (κ3) is 4.46. The number of carbonyl (C=O) groups excluding carboxylic acids is 2. The fourth-order valence-electron chi connectivity index (χ4n) is 2.56. The average molecular weight is 417 g/mol. The zero-order valence-electron chi connectivity index (χ0n) is 14.3. The third-order valence-electron chi connectivity index (χ3n) is 3.88. The Bertz CT molecular complexity index is 997. The molecular formula is C18H13N2O6S2-. The van der Waals surface area contributed by atoms with Crippen molar-refractivity contribution in [1.29, 1.82) is 0 Å². The van der Waals surface area contributed by atoms with E-state index in [0.29, 0.717) is 26.3 Å². The summed E-state index contributed by atoms with van der Waals surface area (Å²) in [4.78, 5) is 35.1. The summed E-state index contributed by atoms with van der Waals surface area (Å²) in [5, 5.41) is 21.4. The van der Waals surface area contributed by atoms with Crippen LogP contribution in [0.4, 0.5) is 5.69 Å². The van der Waals surface area contributed by atoms with Crippen molar-refractivity contribution in [2.24, 2.45) is 0 Å². The second-order valence-electron chi connectivity index (χ2n) is 5.82. The van der Waals surface area contributed by atoms with Gasteiger partial charge in [0.25, 0.3) is 11.6 Å². The maximum atomic E-state index is 12.5. The zero-order chi connectivity index (χ0) is 20.3. The van der Waals surface area contributed by atoms with E-state index in [1.165, 1.54) is 17.0 Å². The summed E-state index contributed by atoms with van der Waals surface area (Å²) < 4.78 is 6.03. The number of thioether (sulfide) groups is 1. The smallest absolute Gasteiger partial charge is 0.270 e. The SMILES string of the molecule is O=C([O-])CCCN1C(=O)/C(=C\c2ccc(-c3cccc([N+](=O)[O-])c3)o2)SC1=S. The molecule has 144 valence electrons. The van der Waals surface area contributed by atoms with E-state index in [1.807, 2.05) is 0 Å². The number of carboxylic acids is 1. The predicted octanol–water partition coefficient (Wildman–Crippen LogP) is 2.59. The maximum Gasteiger partial charge on any atom is 0.270 e. The first-order chi connectivity index (χ1) is 13.3. The molecule has 8 nitrogen and oxygen atoms in total. The number of hydrogen-bond acceptors (Lipinski definition) is 8. The quantitative estimate of drug-likeness (QED) is 0.292. The van der Waals surface area contributed by atoms with Gasteiger partial charge in [0.2, 0.25) is 0 Å². The van der Waals surface area contributed by atoms with Crippen molar-refractivity contribution in [2.75, 3.05) is 6.54 Å². The molecule has 1 aliphatic heterocycles. The molecule has 1 aliphatic rings. The lowest BCUT2D eigenvalue weighted by atomic mass is 10.1. The standard InChI is InChI=1S/C18H14N2O6S2/c21-16(22)5-2-8-19-17(23)15(28-18(19)27)10-13-6-7-14(26-13)11-3-1-4-12(9-11)20(24)25/h1,3-4,6-7,9-10H,2,5,8H2,(H,21,22)/p-1/b15-10+. The van der Waals surface area contributed by atoms with E-state index in [9.17, 15) is 24.8 Å². The van der Waals surface area contributed by atoms with Crippen LogP contribution in [0.5, 0.6) is 0 Å². The number of hydrogen-bond donors (Lipinski definition) is 0. The van der Waals surface area contributed by atoms with Crippen molar-refractivity contribution in [1.82, 2.24) is 4.90 Å². The summed E-state index contributed by atoms with van der Waals surface area (Å²) in [7, 11) is 0. The number of nitro groups is 1. The lowest BCUT2D eigenvalue weighted by Gasteiger charge is -2.14. The highest BCUT2D eigenvalue weighted by atomic mass is 32.2. The Morgan fingerprint density at radius 3 is 2.82 bits per heavy atom. The number of carboxylic acid groups (broad SMARTS) is 1. The summed E-state index contributed by atoms with van der Waals surface area (Å²) in [6, 6.07) is 9.35. The van der Waals surface area contributed by atoms with Crippen LogP contribution >= 0.6 is 24.0 Å². The molecule has 1 aromatic carbocycles. The molecule has 1 aromatic heterocycles. The Kier molecular flexibility index (Phi) is 5.90. The molecule has 2 aromatic rings. The van der Waals surface area contributed by atoms with Crippen LogP contribution in [0.3, 0.4) is 0 Å². The number of rotatable bonds is 7. The zero-order valence-corrected chi connectivity index (χ0v) is 16.0. The molecule has 1 amide bonds. The van der Waals surface area contributed by atoms with Gasteiger partial charge in [-0.15, -0.1) is 0 Å².